The van der Waals surface area contributed by atoms with Crippen LogP contribution in [0.15, 0.2) is 24.3 Å². The number of urea groups is 1. The molecule has 3 atom stereocenters. The molecule has 2 rings (SSSR count). The van der Waals surface area contributed by atoms with Crippen LogP contribution in [0.4, 0.5) is 9.59 Å². The quantitative estimate of drug-likeness (QED) is 0.379. The van der Waals surface area contributed by atoms with Crippen LogP contribution in [0.25, 0.3) is 0 Å². The minimum atomic E-state index is -0.490. The first kappa shape index (κ1) is 29.2. The highest BCUT2D eigenvalue weighted by Gasteiger charge is 2.32. The first-order valence-electron chi connectivity index (χ1n) is 12.5. The Morgan fingerprint density at radius 3 is 2.71 bits per heavy atom. The Balaban J connectivity index is 2.05. The van der Waals surface area contributed by atoms with Gasteiger partial charge in [0.05, 0.1) is 19.8 Å². The number of likely N-dealkylation sites (tertiary alicyclic amines) is 1. The fourth-order valence-electron chi connectivity index (χ4n) is 4.39. The number of likely N-dealkylation sites (N-methyl/N-ethyl adjacent to an activating group) is 1. The zero-order chi connectivity index (χ0) is 25.8. The minimum absolute atomic E-state index is 0.0268. The molecule has 1 heterocycles. The molecular formula is C26H43ClN4O4. The van der Waals surface area contributed by atoms with Gasteiger partial charge in [-0.3, -0.25) is 0 Å². The summed E-state index contributed by atoms with van der Waals surface area (Å²) >= 11 is 6.27. The molecular weight excluding hydrogens is 468 g/mol. The first-order chi connectivity index (χ1) is 16.6. The van der Waals surface area contributed by atoms with E-state index in [4.69, 9.17) is 16.3 Å². The van der Waals surface area contributed by atoms with Gasteiger partial charge in [-0.05, 0) is 55.8 Å². The average Bonchev–Trinajstić information content (AvgIpc) is 2.82. The molecule has 1 aliphatic heterocycles. The minimum Gasteiger partial charge on any atom is -0.453 e. The maximum Gasteiger partial charge on any atom is 0.406 e. The molecule has 0 saturated carbocycles. The van der Waals surface area contributed by atoms with Crippen LogP contribution in [0.2, 0.25) is 5.02 Å². The average molecular weight is 511 g/mol. The van der Waals surface area contributed by atoms with Crippen molar-refractivity contribution < 1.29 is 19.1 Å². The lowest BCUT2D eigenvalue weighted by Crippen LogP contribution is -2.51. The van der Waals surface area contributed by atoms with Gasteiger partial charge in [0, 0.05) is 43.2 Å². The van der Waals surface area contributed by atoms with Crippen molar-refractivity contribution in [2.24, 2.45) is 11.3 Å². The van der Waals surface area contributed by atoms with Crippen molar-refractivity contribution in [3.8, 4) is 0 Å². The molecule has 8 nitrogen and oxygen atoms in total. The monoisotopic (exact) mass is 510 g/mol. The summed E-state index contributed by atoms with van der Waals surface area (Å²) in [6, 6.07) is 7.71. The van der Waals surface area contributed by atoms with Gasteiger partial charge >= 0.3 is 12.1 Å². The van der Waals surface area contributed by atoms with Gasteiger partial charge in [-0.2, -0.15) is 0 Å². The van der Waals surface area contributed by atoms with Crippen LogP contribution in [0.3, 0.4) is 0 Å². The highest BCUT2D eigenvalue weighted by atomic mass is 35.5. The number of rotatable bonds is 11. The first-order valence-corrected chi connectivity index (χ1v) is 12.9. The Bertz CT molecular complexity index is 802. The van der Waals surface area contributed by atoms with Crippen LogP contribution < -0.4 is 16.0 Å². The van der Waals surface area contributed by atoms with Gasteiger partial charge in [0.1, 0.15) is 0 Å². The van der Waals surface area contributed by atoms with E-state index >= 15 is 0 Å². The third-order valence-electron chi connectivity index (χ3n) is 6.23. The number of hydrogen-bond donors (Lipinski definition) is 3. The van der Waals surface area contributed by atoms with Crippen LogP contribution in [0, 0.1) is 11.3 Å². The van der Waals surface area contributed by atoms with E-state index in [-0.39, 0.29) is 29.5 Å². The Morgan fingerprint density at radius 1 is 1.29 bits per heavy atom. The fourth-order valence-corrected chi connectivity index (χ4v) is 4.58. The van der Waals surface area contributed by atoms with Crippen molar-refractivity contribution in [2.45, 2.75) is 58.6 Å². The molecule has 0 aliphatic carbocycles. The number of alkyl carbamates (subject to hydrolysis) is 1. The second-order valence-electron chi connectivity index (χ2n) is 10.4. The standard InChI is InChI=1S/C26H43ClN4O4/c1-26(2,3)12-11-22(17-28-4)30-24(32)31-14-7-9-20(18-31)23(19-8-6-10-21(27)16-19)35-15-13-29-25(33)34-5/h6,8,10,16,20,22-23,28H,7,9,11-15,17-18H2,1-5H3,(H,29,33)(H,30,32). The molecule has 198 valence electrons. The number of nitrogens with zero attached hydrogens (tertiary/aromatic N) is 1. The predicted octanol–water partition coefficient (Wildman–Crippen LogP) is 4.59. The van der Waals surface area contributed by atoms with E-state index in [9.17, 15) is 9.59 Å². The molecule has 3 N–H and O–H groups in total. The normalized spacial score (nSPS) is 18.0. The number of hydrogen-bond acceptors (Lipinski definition) is 5. The van der Waals surface area contributed by atoms with E-state index in [1.807, 2.05) is 36.2 Å². The summed E-state index contributed by atoms with van der Waals surface area (Å²) < 4.78 is 10.9. The Kier molecular flexibility index (Phi) is 12.1. The maximum absolute atomic E-state index is 13.2. The summed E-state index contributed by atoms with van der Waals surface area (Å²) in [5.41, 5.74) is 1.19. The fraction of sp³-hybridized carbons (Fsp3) is 0.692. The lowest BCUT2D eigenvalue weighted by molar-refractivity contribution is -0.00863. The van der Waals surface area contributed by atoms with Crippen molar-refractivity contribution >= 4 is 23.7 Å². The lowest BCUT2D eigenvalue weighted by Gasteiger charge is -2.38. The molecule has 35 heavy (non-hydrogen) atoms. The molecule has 1 saturated heterocycles. The van der Waals surface area contributed by atoms with E-state index in [0.717, 1.165) is 44.3 Å². The van der Waals surface area contributed by atoms with E-state index in [2.05, 4.69) is 41.5 Å². The zero-order valence-corrected chi connectivity index (χ0v) is 22.6. The number of methoxy groups -OCH3 is 1. The maximum atomic E-state index is 13.2. The zero-order valence-electron chi connectivity index (χ0n) is 21.9. The van der Waals surface area contributed by atoms with Gasteiger partial charge in [-0.25, -0.2) is 9.59 Å². The largest absolute Gasteiger partial charge is 0.453 e. The second-order valence-corrected chi connectivity index (χ2v) is 10.9. The predicted molar refractivity (Wildman–Crippen MR) is 140 cm³/mol. The van der Waals surface area contributed by atoms with Crippen molar-refractivity contribution in [1.82, 2.24) is 20.9 Å². The van der Waals surface area contributed by atoms with Crippen LogP contribution in [-0.4, -0.2) is 70.0 Å². The lowest BCUT2D eigenvalue weighted by atomic mass is 9.88. The smallest absolute Gasteiger partial charge is 0.406 e. The molecule has 3 amide bonds. The van der Waals surface area contributed by atoms with E-state index in [1.165, 1.54) is 7.11 Å². The van der Waals surface area contributed by atoms with Crippen molar-refractivity contribution in [3.05, 3.63) is 34.9 Å². The topological polar surface area (TPSA) is 91.9 Å². The number of halogens is 1. The molecule has 0 radical (unpaired) electrons. The van der Waals surface area contributed by atoms with Gasteiger partial charge in [0.2, 0.25) is 0 Å². The summed E-state index contributed by atoms with van der Waals surface area (Å²) in [5, 5.41) is 9.73. The highest BCUT2D eigenvalue weighted by molar-refractivity contribution is 6.30. The summed E-state index contributed by atoms with van der Waals surface area (Å²) in [4.78, 5) is 26.5. The van der Waals surface area contributed by atoms with Crippen LogP contribution in [-0.2, 0) is 9.47 Å². The summed E-state index contributed by atoms with van der Waals surface area (Å²) in [5.74, 6) is 0.114. The molecule has 0 bridgehead atoms. The van der Waals surface area contributed by atoms with Gasteiger partial charge in [-0.15, -0.1) is 0 Å². The van der Waals surface area contributed by atoms with Crippen LogP contribution in [0.1, 0.15) is 58.1 Å². The van der Waals surface area contributed by atoms with E-state index in [1.54, 1.807) is 0 Å². The van der Waals surface area contributed by atoms with Gasteiger partial charge in [0.15, 0.2) is 0 Å². The van der Waals surface area contributed by atoms with E-state index in [0.29, 0.717) is 24.7 Å². The summed E-state index contributed by atoms with van der Waals surface area (Å²) in [6.07, 6.45) is 3.07. The van der Waals surface area contributed by atoms with Crippen LogP contribution in [0.5, 0.6) is 0 Å². The number of nitrogens with one attached hydrogen (secondary N) is 3. The summed E-state index contributed by atoms with van der Waals surface area (Å²) in [7, 11) is 3.24. The summed E-state index contributed by atoms with van der Waals surface area (Å²) in [6.45, 7) is 9.37. The third-order valence-corrected chi connectivity index (χ3v) is 6.46. The van der Waals surface area contributed by atoms with Crippen LogP contribution >= 0.6 is 11.6 Å². The Labute approximate surface area is 215 Å². The van der Waals surface area contributed by atoms with Gasteiger partial charge in [0.25, 0.3) is 0 Å². The molecule has 0 aromatic heterocycles. The molecule has 1 aromatic carbocycles. The molecule has 1 aromatic rings. The Hall–Kier alpha value is -2.03. The second kappa shape index (κ2) is 14.5. The SMILES string of the molecule is CNCC(CCC(C)(C)C)NC(=O)N1CCCC(C(OCCNC(=O)OC)c2cccc(Cl)c2)C1. The van der Waals surface area contributed by atoms with Gasteiger partial charge in [-0.1, -0.05) is 44.5 Å². The third kappa shape index (κ3) is 10.6. The number of amides is 3. The van der Waals surface area contributed by atoms with Crippen molar-refractivity contribution in [3.63, 3.8) is 0 Å². The van der Waals surface area contributed by atoms with Gasteiger partial charge < -0.3 is 30.3 Å². The Morgan fingerprint density at radius 2 is 2.06 bits per heavy atom. The molecule has 3 unspecified atom stereocenters. The molecule has 1 aliphatic rings. The molecule has 0 spiro atoms. The van der Waals surface area contributed by atoms with Crippen molar-refractivity contribution in [1.29, 1.82) is 0 Å². The highest BCUT2D eigenvalue weighted by Crippen LogP contribution is 2.34. The number of ether oxygens (including phenoxy) is 2. The number of piperidine rings is 1. The number of benzene rings is 1. The van der Waals surface area contributed by atoms with E-state index < -0.39 is 6.09 Å². The number of carbonyl (C=O) groups is 2. The number of carbonyl (C=O) groups excluding carboxylic acids is 2. The molecule has 9 heteroatoms. The molecule has 1 fully saturated rings. The van der Waals surface area contributed by atoms with Crippen molar-refractivity contribution in [2.75, 3.05) is 46.9 Å².